The Labute approximate surface area is 134 Å². The molecule has 0 amide bonds. The molecule has 0 aliphatic heterocycles. The highest BCUT2D eigenvalue weighted by Gasteiger charge is 2.21. The van der Waals surface area contributed by atoms with Gasteiger partial charge in [0.15, 0.2) is 0 Å². The molecular weight excluding hydrogens is 344 g/mol. The average Bonchev–Trinajstić information content (AvgIpc) is 2.43. The van der Waals surface area contributed by atoms with E-state index in [2.05, 4.69) is 20.8 Å². The fourth-order valence-electron chi connectivity index (χ4n) is 2.09. The summed E-state index contributed by atoms with van der Waals surface area (Å²) in [5.41, 5.74) is 6.99. The first-order valence-electron chi connectivity index (χ1n) is 6.51. The largest absolute Gasteiger partial charge is 0.383 e. The van der Waals surface area contributed by atoms with Gasteiger partial charge in [-0.1, -0.05) is 33.6 Å². The molecule has 1 rings (SSSR count). The van der Waals surface area contributed by atoms with Gasteiger partial charge in [-0.2, -0.15) is 0 Å². The van der Waals surface area contributed by atoms with E-state index >= 15 is 0 Å². The second-order valence-corrected chi connectivity index (χ2v) is 5.76. The first-order chi connectivity index (χ1) is 9.63. The van der Waals surface area contributed by atoms with Crippen LogP contribution >= 0.6 is 27.5 Å². The summed E-state index contributed by atoms with van der Waals surface area (Å²) in [4.78, 5) is 2.24. The molecule has 1 aromatic carbocycles. The van der Waals surface area contributed by atoms with E-state index in [9.17, 15) is 0 Å². The topological polar surface area (TPSA) is 47.7 Å². The molecule has 1 unspecified atom stereocenters. The third kappa shape index (κ3) is 5.31. The van der Waals surface area contributed by atoms with Crippen molar-refractivity contribution < 1.29 is 9.47 Å². The van der Waals surface area contributed by atoms with E-state index in [1.807, 2.05) is 18.2 Å². The predicted octanol–water partition coefficient (Wildman–Crippen LogP) is 2.70. The highest BCUT2D eigenvalue weighted by atomic mass is 79.9. The van der Waals surface area contributed by atoms with Crippen LogP contribution in [-0.4, -0.2) is 52.0 Å². The van der Waals surface area contributed by atoms with E-state index in [4.69, 9.17) is 26.8 Å². The van der Waals surface area contributed by atoms with Gasteiger partial charge in [-0.15, -0.1) is 0 Å². The molecule has 6 heteroatoms. The predicted molar refractivity (Wildman–Crippen MR) is 86.3 cm³/mol. The highest BCUT2D eigenvalue weighted by Crippen LogP contribution is 2.29. The lowest BCUT2D eigenvalue weighted by Crippen LogP contribution is -2.38. The van der Waals surface area contributed by atoms with Gasteiger partial charge in [0, 0.05) is 49.4 Å². The quantitative estimate of drug-likeness (QED) is 0.731. The van der Waals surface area contributed by atoms with Crippen molar-refractivity contribution in [3.8, 4) is 0 Å². The smallest absolute Gasteiger partial charge is 0.0589 e. The molecule has 2 N–H and O–H groups in total. The molecule has 0 radical (unpaired) electrons. The lowest BCUT2D eigenvalue weighted by molar-refractivity contribution is 0.0891. The number of nitrogens with zero attached hydrogens (tertiary/aromatic N) is 1. The van der Waals surface area contributed by atoms with Crippen LogP contribution in [0, 0.1) is 0 Å². The summed E-state index contributed by atoms with van der Waals surface area (Å²) in [7, 11) is 3.39. The van der Waals surface area contributed by atoms with Gasteiger partial charge >= 0.3 is 0 Å². The molecule has 0 aliphatic carbocycles. The zero-order valence-corrected chi connectivity index (χ0v) is 14.3. The summed E-state index contributed by atoms with van der Waals surface area (Å²) in [6.07, 6.45) is 0. The maximum Gasteiger partial charge on any atom is 0.0589 e. The van der Waals surface area contributed by atoms with Gasteiger partial charge in [-0.05, 0) is 17.7 Å². The molecule has 0 aliphatic rings. The lowest BCUT2D eigenvalue weighted by atomic mass is 10.1. The molecule has 0 aromatic heterocycles. The van der Waals surface area contributed by atoms with E-state index in [0.717, 1.165) is 28.1 Å². The molecule has 0 saturated heterocycles. The highest BCUT2D eigenvalue weighted by molar-refractivity contribution is 9.10. The Kier molecular flexibility index (Phi) is 8.68. The van der Waals surface area contributed by atoms with Crippen LogP contribution in [0.1, 0.15) is 11.6 Å². The van der Waals surface area contributed by atoms with Crippen molar-refractivity contribution in [2.45, 2.75) is 6.04 Å². The molecule has 0 heterocycles. The number of ether oxygens (including phenoxy) is 2. The molecule has 0 bridgehead atoms. The normalized spacial score (nSPS) is 12.9. The zero-order chi connectivity index (χ0) is 15.0. The maximum atomic E-state index is 6.34. The Hall–Kier alpha value is -0.170. The molecule has 1 atom stereocenters. The van der Waals surface area contributed by atoms with E-state index in [0.29, 0.717) is 19.8 Å². The van der Waals surface area contributed by atoms with Crippen LogP contribution in [0.25, 0.3) is 0 Å². The van der Waals surface area contributed by atoms with E-state index < -0.39 is 0 Å². The zero-order valence-electron chi connectivity index (χ0n) is 11.9. The van der Waals surface area contributed by atoms with Crippen molar-refractivity contribution in [2.75, 3.05) is 47.1 Å². The van der Waals surface area contributed by atoms with Gasteiger partial charge in [0.1, 0.15) is 0 Å². The number of benzene rings is 1. The minimum Gasteiger partial charge on any atom is -0.383 e. The van der Waals surface area contributed by atoms with Crippen molar-refractivity contribution in [2.24, 2.45) is 5.73 Å². The molecule has 0 fully saturated rings. The summed E-state index contributed by atoms with van der Waals surface area (Å²) in [5, 5.41) is 0.717. The second-order valence-electron chi connectivity index (χ2n) is 4.44. The Morgan fingerprint density at radius 3 is 2.30 bits per heavy atom. The number of nitrogens with two attached hydrogens (primary N) is 1. The van der Waals surface area contributed by atoms with Gasteiger partial charge in [-0.3, -0.25) is 4.90 Å². The summed E-state index contributed by atoms with van der Waals surface area (Å²) in [6.45, 7) is 3.36. The number of hydrogen-bond donors (Lipinski definition) is 1. The molecular formula is C14H22BrClN2O2. The Balaban J connectivity index is 2.92. The molecule has 1 aromatic rings. The van der Waals surface area contributed by atoms with Crippen molar-refractivity contribution in [3.05, 3.63) is 33.3 Å². The SMILES string of the molecule is COCCN(CCOC)C(CN)c1ccc(Br)cc1Cl. The van der Waals surface area contributed by atoms with Crippen molar-refractivity contribution in [1.82, 2.24) is 4.90 Å². The molecule has 0 saturated carbocycles. The molecule has 20 heavy (non-hydrogen) atoms. The van der Waals surface area contributed by atoms with Gasteiger partial charge in [-0.25, -0.2) is 0 Å². The number of methoxy groups -OCH3 is 2. The minimum atomic E-state index is 0.0564. The van der Waals surface area contributed by atoms with E-state index in [1.54, 1.807) is 14.2 Å². The van der Waals surface area contributed by atoms with Gasteiger partial charge < -0.3 is 15.2 Å². The van der Waals surface area contributed by atoms with Gasteiger partial charge in [0.25, 0.3) is 0 Å². The standard InChI is InChI=1S/C14H22BrClN2O2/c1-19-7-5-18(6-8-20-2)14(10-17)12-4-3-11(15)9-13(12)16/h3-4,9,14H,5-8,10,17H2,1-2H3. The van der Waals surface area contributed by atoms with Crippen LogP contribution in [-0.2, 0) is 9.47 Å². The van der Waals surface area contributed by atoms with Gasteiger partial charge in [0.05, 0.1) is 13.2 Å². The van der Waals surface area contributed by atoms with Crippen molar-refractivity contribution in [3.63, 3.8) is 0 Å². The van der Waals surface area contributed by atoms with E-state index in [-0.39, 0.29) is 6.04 Å². The number of rotatable bonds is 9. The first-order valence-corrected chi connectivity index (χ1v) is 7.68. The number of halogens is 2. The van der Waals surface area contributed by atoms with Crippen LogP contribution in [0.5, 0.6) is 0 Å². The first kappa shape index (κ1) is 17.9. The van der Waals surface area contributed by atoms with Crippen LogP contribution in [0.2, 0.25) is 5.02 Å². The third-order valence-electron chi connectivity index (χ3n) is 3.15. The fourth-order valence-corrected chi connectivity index (χ4v) is 2.88. The monoisotopic (exact) mass is 364 g/mol. The summed E-state index contributed by atoms with van der Waals surface area (Å²) in [6, 6.07) is 5.94. The van der Waals surface area contributed by atoms with Crippen LogP contribution in [0.4, 0.5) is 0 Å². The number of hydrogen-bond acceptors (Lipinski definition) is 4. The molecule has 114 valence electrons. The Morgan fingerprint density at radius 2 is 1.85 bits per heavy atom. The summed E-state index contributed by atoms with van der Waals surface area (Å²) in [5.74, 6) is 0. The van der Waals surface area contributed by atoms with Crippen LogP contribution < -0.4 is 5.73 Å². The summed E-state index contributed by atoms with van der Waals surface area (Å²) < 4.78 is 11.3. The van der Waals surface area contributed by atoms with Crippen LogP contribution in [0.15, 0.2) is 22.7 Å². The van der Waals surface area contributed by atoms with Gasteiger partial charge in [0.2, 0.25) is 0 Å². The second kappa shape index (κ2) is 9.71. The Bertz CT molecular complexity index is 399. The average molecular weight is 366 g/mol. The lowest BCUT2D eigenvalue weighted by Gasteiger charge is -2.31. The maximum absolute atomic E-state index is 6.34. The van der Waals surface area contributed by atoms with Crippen LogP contribution in [0.3, 0.4) is 0 Å². The van der Waals surface area contributed by atoms with E-state index in [1.165, 1.54) is 0 Å². The van der Waals surface area contributed by atoms with Crippen molar-refractivity contribution in [1.29, 1.82) is 0 Å². The summed E-state index contributed by atoms with van der Waals surface area (Å²) >= 11 is 9.76. The molecule has 4 nitrogen and oxygen atoms in total. The third-order valence-corrected chi connectivity index (χ3v) is 3.97. The minimum absolute atomic E-state index is 0.0564. The Morgan fingerprint density at radius 1 is 1.25 bits per heavy atom. The molecule has 0 spiro atoms. The fraction of sp³-hybridized carbons (Fsp3) is 0.571. The van der Waals surface area contributed by atoms with Crippen molar-refractivity contribution >= 4 is 27.5 Å².